The van der Waals surface area contributed by atoms with E-state index in [1.54, 1.807) is 0 Å². The van der Waals surface area contributed by atoms with Gasteiger partial charge in [-0.1, -0.05) is 13.8 Å². The first-order valence-electron chi connectivity index (χ1n) is 5.04. The molecule has 3 N–H and O–H groups in total. The molecule has 0 aliphatic rings. The van der Waals surface area contributed by atoms with E-state index in [1.807, 2.05) is 13.8 Å². The van der Waals surface area contributed by atoms with E-state index in [2.05, 4.69) is 11.2 Å². The van der Waals surface area contributed by atoms with Gasteiger partial charge in [-0.2, -0.15) is 0 Å². The van der Waals surface area contributed by atoms with E-state index in [0.29, 0.717) is 18.9 Å². The van der Waals surface area contributed by atoms with Crippen LogP contribution in [0.1, 0.15) is 33.1 Å². The number of carbonyl (C=O) groups excluding carboxylic acids is 1. The summed E-state index contributed by atoms with van der Waals surface area (Å²) in [6.07, 6.45) is 7.32. The molecule has 0 aliphatic carbocycles. The van der Waals surface area contributed by atoms with E-state index in [-0.39, 0.29) is 11.9 Å². The molecule has 1 unspecified atom stereocenters. The van der Waals surface area contributed by atoms with Crippen molar-refractivity contribution in [2.75, 3.05) is 6.54 Å². The van der Waals surface area contributed by atoms with Crippen molar-refractivity contribution in [1.82, 2.24) is 5.32 Å². The van der Waals surface area contributed by atoms with Crippen molar-refractivity contribution in [3.8, 4) is 12.3 Å². The quantitative estimate of drug-likeness (QED) is 0.489. The Morgan fingerprint density at radius 2 is 2.21 bits per heavy atom. The molecule has 0 aromatic carbocycles. The Labute approximate surface area is 86.4 Å². The van der Waals surface area contributed by atoms with Gasteiger partial charge in [-0.05, 0) is 18.8 Å². The molecule has 0 aromatic rings. The Bertz CT molecular complexity index is 206. The molecule has 0 saturated carbocycles. The normalized spacial score (nSPS) is 12.2. The summed E-state index contributed by atoms with van der Waals surface area (Å²) in [5, 5.41) is 2.76. The summed E-state index contributed by atoms with van der Waals surface area (Å²) < 4.78 is 0. The van der Waals surface area contributed by atoms with Gasteiger partial charge in [0.2, 0.25) is 5.91 Å². The topological polar surface area (TPSA) is 55.1 Å². The zero-order valence-corrected chi connectivity index (χ0v) is 9.05. The van der Waals surface area contributed by atoms with Crippen LogP contribution in [0.25, 0.3) is 0 Å². The highest BCUT2D eigenvalue weighted by Crippen LogP contribution is 2.02. The molecule has 0 aliphatic heterocycles. The summed E-state index contributed by atoms with van der Waals surface area (Å²) in [5.41, 5.74) is 5.68. The van der Waals surface area contributed by atoms with E-state index < -0.39 is 0 Å². The van der Waals surface area contributed by atoms with Crippen molar-refractivity contribution in [3.63, 3.8) is 0 Å². The number of unbranched alkanes of at least 4 members (excludes halogenated alkanes) is 1. The first-order valence-corrected chi connectivity index (χ1v) is 5.04. The minimum Gasteiger partial charge on any atom is -0.355 e. The van der Waals surface area contributed by atoms with E-state index in [9.17, 15) is 4.79 Å². The van der Waals surface area contributed by atoms with Crippen molar-refractivity contribution in [1.29, 1.82) is 0 Å². The predicted octanol–water partition coefficient (Wildman–Crippen LogP) is 0.889. The summed E-state index contributed by atoms with van der Waals surface area (Å²) in [5.74, 6) is 2.89. The molecule has 1 amide bonds. The third kappa shape index (κ3) is 6.50. The van der Waals surface area contributed by atoms with Crippen LogP contribution in [-0.4, -0.2) is 18.5 Å². The Kier molecular flexibility index (Phi) is 6.87. The summed E-state index contributed by atoms with van der Waals surface area (Å²) in [4.78, 5) is 11.4. The number of nitrogens with two attached hydrogens (primary N) is 1. The van der Waals surface area contributed by atoms with Crippen LogP contribution in [0, 0.1) is 18.3 Å². The maximum absolute atomic E-state index is 11.4. The van der Waals surface area contributed by atoms with Crippen molar-refractivity contribution in [2.45, 2.75) is 39.2 Å². The van der Waals surface area contributed by atoms with E-state index in [4.69, 9.17) is 12.2 Å². The standard InChI is InChI=1S/C11H20N2O/c1-4-5-6-7-13-11(14)10(12)8-9(2)3/h1,9-10H,5-8,12H2,2-3H3,(H,13,14). The summed E-state index contributed by atoms with van der Waals surface area (Å²) in [7, 11) is 0. The van der Waals surface area contributed by atoms with Gasteiger partial charge in [0.25, 0.3) is 0 Å². The second kappa shape index (κ2) is 7.40. The van der Waals surface area contributed by atoms with Gasteiger partial charge in [0.15, 0.2) is 0 Å². The van der Waals surface area contributed by atoms with Gasteiger partial charge in [-0.3, -0.25) is 4.79 Å². The minimum absolute atomic E-state index is 0.0734. The Hall–Kier alpha value is -1.01. The molecule has 3 nitrogen and oxygen atoms in total. The zero-order chi connectivity index (χ0) is 11.0. The van der Waals surface area contributed by atoms with E-state index in [0.717, 1.165) is 12.8 Å². The number of carbonyl (C=O) groups is 1. The number of rotatable bonds is 6. The lowest BCUT2D eigenvalue weighted by molar-refractivity contribution is -0.122. The molecule has 1 atom stereocenters. The van der Waals surface area contributed by atoms with Crippen LogP contribution in [0.15, 0.2) is 0 Å². The van der Waals surface area contributed by atoms with Crippen LogP contribution in [0.3, 0.4) is 0 Å². The molecule has 0 bridgehead atoms. The molecule has 0 rings (SSSR count). The molecule has 3 heteroatoms. The van der Waals surface area contributed by atoms with Crippen LogP contribution in [0.5, 0.6) is 0 Å². The molecule has 80 valence electrons. The maximum Gasteiger partial charge on any atom is 0.236 e. The first kappa shape index (κ1) is 13.0. The molecular weight excluding hydrogens is 176 g/mol. The number of hydrogen-bond donors (Lipinski definition) is 2. The lowest BCUT2D eigenvalue weighted by atomic mass is 10.0. The first-order chi connectivity index (χ1) is 6.57. The van der Waals surface area contributed by atoms with Gasteiger partial charge in [-0.25, -0.2) is 0 Å². The Morgan fingerprint density at radius 3 is 2.71 bits per heavy atom. The molecule has 0 fully saturated rings. The minimum atomic E-state index is -0.388. The summed E-state index contributed by atoms with van der Waals surface area (Å²) >= 11 is 0. The molecule has 0 heterocycles. The maximum atomic E-state index is 11.4. The number of hydrogen-bond acceptors (Lipinski definition) is 2. The highest BCUT2D eigenvalue weighted by atomic mass is 16.2. The fraction of sp³-hybridized carbons (Fsp3) is 0.727. The van der Waals surface area contributed by atoms with Crippen LogP contribution >= 0.6 is 0 Å². The predicted molar refractivity (Wildman–Crippen MR) is 58.5 cm³/mol. The van der Waals surface area contributed by atoms with Crippen LogP contribution in [0.2, 0.25) is 0 Å². The SMILES string of the molecule is C#CCCCNC(=O)C(N)CC(C)C. The molecule has 0 radical (unpaired) electrons. The summed E-state index contributed by atoms with van der Waals surface area (Å²) in [6.45, 7) is 4.71. The average molecular weight is 196 g/mol. The lowest BCUT2D eigenvalue weighted by Gasteiger charge is -2.13. The zero-order valence-electron chi connectivity index (χ0n) is 9.05. The van der Waals surface area contributed by atoms with Crippen LogP contribution in [-0.2, 0) is 4.79 Å². The van der Waals surface area contributed by atoms with E-state index >= 15 is 0 Å². The Morgan fingerprint density at radius 1 is 1.57 bits per heavy atom. The third-order valence-corrected chi connectivity index (χ3v) is 1.86. The van der Waals surface area contributed by atoms with Gasteiger partial charge in [0.1, 0.15) is 0 Å². The fourth-order valence-corrected chi connectivity index (χ4v) is 1.15. The number of amides is 1. The van der Waals surface area contributed by atoms with Crippen molar-refractivity contribution in [2.24, 2.45) is 11.7 Å². The van der Waals surface area contributed by atoms with Crippen LogP contribution < -0.4 is 11.1 Å². The smallest absolute Gasteiger partial charge is 0.236 e. The van der Waals surface area contributed by atoms with Crippen molar-refractivity contribution >= 4 is 5.91 Å². The molecule has 14 heavy (non-hydrogen) atoms. The van der Waals surface area contributed by atoms with Gasteiger partial charge >= 0.3 is 0 Å². The number of nitrogens with one attached hydrogen (secondary N) is 1. The second-order valence-corrected chi connectivity index (χ2v) is 3.83. The highest BCUT2D eigenvalue weighted by Gasteiger charge is 2.13. The third-order valence-electron chi connectivity index (χ3n) is 1.86. The molecule has 0 saturated heterocycles. The van der Waals surface area contributed by atoms with Gasteiger partial charge < -0.3 is 11.1 Å². The average Bonchev–Trinajstić information content (AvgIpc) is 2.11. The van der Waals surface area contributed by atoms with Gasteiger partial charge in [-0.15, -0.1) is 12.3 Å². The monoisotopic (exact) mass is 196 g/mol. The van der Waals surface area contributed by atoms with Crippen molar-refractivity contribution < 1.29 is 4.79 Å². The molecule has 0 spiro atoms. The highest BCUT2D eigenvalue weighted by molar-refractivity contribution is 5.81. The Balaban J connectivity index is 3.58. The molecule has 0 aromatic heterocycles. The van der Waals surface area contributed by atoms with Crippen molar-refractivity contribution in [3.05, 3.63) is 0 Å². The van der Waals surface area contributed by atoms with E-state index in [1.165, 1.54) is 0 Å². The van der Waals surface area contributed by atoms with Gasteiger partial charge in [0, 0.05) is 13.0 Å². The summed E-state index contributed by atoms with van der Waals surface area (Å²) in [6, 6.07) is -0.388. The lowest BCUT2D eigenvalue weighted by Crippen LogP contribution is -2.41. The second-order valence-electron chi connectivity index (χ2n) is 3.83. The molecular formula is C11H20N2O. The van der Waals surface area contributed by atoms with Gasteiger partial charge in [0.05, 0.1) is 6.04 Å². The fourth-order valence-electron chi connectivity index (χ4n) is 1.15. The largest absolute Gasteiger partial charge is 0.355 e. The van der Waals surface area contributed by atoms with Crippen LogP contribution in [0.4, 0.5) is 0 Å². The number of terminal acetylenes is 1.